The molecule has 0 fully saturated rings. The van der Waals surface area contributed by atoms with Gasteiger partial charge < -0.3 is 10.6 Å². The van der Waals surface area contributed by atoms with Crippen molar-refractivity contribution in [2.24, 2.45) is 0 Å². The average molecular weight is 372 g/mol. The second-order valence-electron chi connectivity index (χ2n) is 5.88. The SMILES string of the molecule is Cc1ccc(NC(=O)C[NH2+][C@H](c2ccccc2)c2cccs2)c(Cl)c1. The Kier molecular flexibility index (Phi) is 5.87. The third-order valence-corrected chi connectivity index (χ3v) is 5.21. The minimum absolute atomic E-state index is 0.0664. The summed E-state index contributed by atoms with van der Waals surface area (Å²) in [6.07, 6.45) is 0. The van der Waals surface area contributed by atoms with Crippen LogP contribution < -0.4 is 10.6 Å². The van der Waals surface area contributed by atoms with E-state index in [2.05, 4.69) is 34.2 Å². The predicted molar refractivity (Wildman–Crippen MR) is 104 cm³/mol. The lowest BCUT2D eigenvalue weighted by Crippen LogP contribution is -2.87. The molecule has 1 atom stereocenters. The Balaban J connectivity index is 1.68. The normalized spacial score (nSPS) is 11.9. The first-order valence-electron chi connectivity index (χ1n) is 8.11. The standard InChI is InChI=1S/C20H19ClN2OS/c1-14-9-10-17(16(21)12-14)23-19(24)13-22-20(18-8-5-11-25-18)15-6-3-2-4-7-15/h2-12,20,22H,13H2,1H3,(H,23,24)/p+1/t20-/m1/s1. The molecule has 0 bridgehead atoms. The number of carbonyl (C=O) groups excluding carboxylic acids is 1. The number of nitrogens with two attached hydrogens (primary N) is 1. The fourth-order valence-electron chi connectivity index (χ4n) is 2.69. The van der Waals surface area contributed by atoms with E-state index >= 15 is 0 Å². The third-order valence-electron chi connectivity index (χ3n) is 3.95. The van der Waals surface area contributed by atoms with Crippen molar-refractivity contribution in [2.75, 3.05) is 11.9 Å². The van der Waals surface area contributed by atoms with Gasteiger partial charge in [0.25, 0.3) is 5.91 Å². The summed E-state index contributed by atoms with van der Waals surface area (Å²) in [4.78, 5) is 13.6. The summed E-state index contributed by atoms with van der Waals surface area (Å²) < 4.78 is 0. The maximum Gasteiger partial charge on any atom is 0.279 e. The fourth-order valence-corrected chi connectivity index (χ4v) is 3.83. The number of benzene rings is 2. The van der Waals surface area contributed by atoms with Crippen LogP contribution in [0.1, 0.15) is 22.0 Å². The first kappa shape index (κ1) is 17.7. The summed E-state index contributed by atoms with van der Waals surface area (Å²) in [5.74, 6) is -0.0664. The molecular formula is C20H20ClN2OS+. The number of aryl methyl sites for hydroxylation is 1. The summed E-state index contributed by atoms with van der Waals surface area (Å²) in [6.45, 7) is 2.29. The van der Waals surface area contributed by atoms with Gasteiger partial charge in [0.05, 0.1) is 15.6 Å². The van der Waals surface area contributed by atoms with Gasteiger partial charge in [-0.05, 0) is 36.1 Å². The lowest BCUT2D eigenvalue weighted by molar-refractivity contribution is -0.675. The number of hydrogen-bond donors (Lipinski definition) is 2. The van der Waals surface area contributed by atoms with Gasteiger partial charge in [0.1, 0.15) is 6.04 Å². The van der Waals surface area contributed by atoms with Crippen molar-refractivity contribution >= 4 is 34.5 Å². The van der Waals surface area contributed by atoms with E-state index in [0.717, 1.165) is 5.56 Å². The molecule has 0 unspecified atom stereocenters. The van der Waals surface area contributed by atoms with E-state index < -0.39 is 0 Å². The molecule has 1 amide bonds. The molecule has 3 rings (SSSR count). The second kappa shape index (κ2) is 8.30. The fraction of sp³-hybridized carbons (Fsp3) is 0.150. The number of amides is 1. The van der Waals surface area contributed by atoms with Crippen molar-refractivity contribution in [1.29, 1.82) is 0 Å². The number of carbonyl (C=O) groups is 1. The molecule has 0 aliphatic rings. The number of nitrogens with one attached hydrogen (secondary N) is 1. The second-order valence-corrected chi connectivity index (χ2v) is 7.26. The lowest BCUT2D eigenvalue weighted by Gasteiger charge is -2.15. The highest BCUT2D eigenvalue weighted by molar-refractivity contribution is 7.10. The lowest BCUT2D eigenvalue weighted by atomic mass is 10.1. The Bertz CT molecular complexity index is 834. The topological polar surface area (TPSA) is 45.7 Å². The maximum absolute atomic E-state index is 12.4. The van der Waals surface area contributed by atoms with Crippen LogP contribution in [0.25, 0.3) is 0 Å². The van der Waals surface area contributed by atoms with Gasteiger partial charge in [-0.1, -0.05) is 54.1 Å². The van der Waals surface area contributed by atoms with E-state index in [9.17, 15) is 4.79 Å². The zero-order valence-electron chi connectivity index (χ0n) is 13.9. The zero-order valence-corrected chi connectivity index (χ0v) is 15.5. The van der Waals surface area contributed by atoms with Crippen molar-refractivity contribution in [1.82, 2.24) is 0 Å². The van der Waals surface area contributed by atoms with Crippen LogP contribution in [0.5, 0.6) is 0 Å². The Labute approximate surface area is 156 Å². The van der Waals surface area contributed by atoms with E-state index in [1.807, 2.05) is 49.4 Å². The van der Waals surface area contributed by atoms with Crippen molar-refractivity contribution in [3.63, 3.8) is 0 Å². The van der Waals surface area contributed by atoms with Crippen molar-refractivity contribution in [3.8, 4) is 0 Å². The highest BCUT2D eigenvalue weighted by Gasteiger charge is 2.20. The number of quaternary nitrogens is 1. The highest BCUT2D eigenvalue weighted by Crippen LogP contribution is 2.23. The molecule has 25 heavy (non-hydrogen) atoms. The van der Waals surface area contributed by atoms with E-state index in [0.29, 0.717) is 17.3 Å². The van der Waals surface area contributed by atoms with Crippen LogP contribution in [0.2, 0.25) is 5.02 Å². The quantitative estimate of drug-likeness (QED) is 0.675. The number of anilines is 1. The van der Waals surface area contributed by atoms with Crippen molar-refractivity contribution in [3.05, 3.63) is 87.1 Å². The molecule has 0 aliphatic carbocycles. The van der Waals surface area contributed by atoms with E-state index in [-0.39, 0.29) is 11.9 Å². The summed E-state index contributed by atoms with van der Waals surface area (Å²) >= 11 is 7.89. The monoisotopic (exact) mass is 371 g/mol. The molecule has 0 saturated heterocycles. The Morgan fingerprint density at radius 3 is 2.64 bits per heavy atom. The zero-order chi connectivity index (χ0) is 17.6. The largest absolute Gasteiger partial charge is 0.328 e. The van der Waals surface area contributed by atoms with Gasteiger partial charge in [-0.25, -0.2) is 0 Å². The summed E-state index contributed by atoms with van der Waals surface area (Å²) in [7, 11) is 0. The predicted octanol–water partition coefficient (Wildman–Crippen LogP) is 4.00. The number of thiophene rings is 1. The van der Waals surface area contributed by atoms with Crippen LogP contribution in [0.3, 0.4) is 0 Å². The van der Waals surface area contributed by atoms with Gasteiger partial charge in [0.2, 0.25) is 0 Å². The van der Waals surface area contributed by atoms with E-state index in [1.54, 1.807) is 11.3 Å². The van der Waals surface area contributed by atoms with Crippen molar-refractivity contribution in [2.45, 2.75) is 13.0 Å². The van der Waals surface area contributed by atoms with Gasteiger partial charge >= 0.3 is 0 Å². The first-order chi connectivity index (χ1) is 12.1. The maximum atomic E-state index is 12.4. The molecular weight excluding hydrogens is 352 g/mol. The molecule has 0 aliphatic heterocycles. The van der Waals surface area contributed by atoms with Crippen LogP contribution in [0.4, 0.5) is 5.69 Å². The molecule has 1 heterocycles. The van der Waals surface area contributed by atoms with Gasteiger partial charge in [-0.3, -0.25) is 4.79 Å². The van der Waals surface area contributed by atoms with Gasteiger partial charge in [-0.15, -0.1) is 11.3 Å². The minimum atomic E-state index is -0.0664. The van der Waals surface area contributed by atoms with Crippen LogP contribution in [0.15, 0.2) is 66.0 Å². The first-order valence-corrected chi connectivity index (χ1v) is 9.37. The highest BCUT2D eigenvalue weighted by atomic mass is 35.5. The van der Waals surface area contributed by atoms with E-state index in [4.69, 9.17) is 11.6 Å². The Hall–Kier alpha value is -2.14. The summed E-state index contributed by atoms with van der Waals surface area (Å²) in [5.41, 5.74) is 2.90. The van der Waals surface area contributed by atoms with Gasteiger partial charge in [0.15, 0.2) is 6.54 Å². The van der Waals surface area contributed by atoms with Gasteiger partial charge in [-0.2, -0.15) is 0 Å². The molecule has 3 N–H and O–H groups in total. The third kappa shape index (κ3) is 4.69. The molecule has 3 aromatic rings. The molecule has 2 aromatic carbocycles. The molecule has 0 spiro atoms. The molecule has 0 radical (unpaired) electrons. The molecule has 5 heteroatoms. The van der Waals surface area contributed by atoms with Crippen LogP contribution in [0, 0.1) is 6.92 Å². The van der Waals surface area contributed by atoms with Crippen LogP contribution in [-0.2, 0) is 4.79 Å². The van der Waals surface area contributed by atoms with Crippen LogP contribution in [-0.4, -0.2) is 12.5 Å². The number of halogens is 1. The molecule has 3 nitrogen and oxygen atoms in total. The van der Waals surface area contributed by atoms with E-state index in [1.165, 1.54) is 10.4 Å². The smallest absolute Gasteiger partial charge is 0.279 e. The molecule has 0 saturated carbocycles. The molecule has 1 aromatic heterocycles. The average Bonchev–Trinajstić information content (AvgIpc) is 3.13. The Morgan fingerprint density at radius 1 is 1.16 bits per heavy atom. The van der Waals surface area contributed by atoms with Crippen LogP contribution >= 0.6 is 22.9 Å². The van der Waals surface area contributed by atoms with Gasteiger partial charge in [0, 0.05) is 5.56 Å². The number of hydrogen-bond acceptors (Lipinski definition) is 2. The summed E-state index contributed by atoms with van der Waals surface area (Å²) in [5, 5.41) is 7.57. The molecule has 128 valence electrons. The Morgan fingerprint density at radius 2 is 1.96 bits per heavy atom. The minimum Gasteiger partial charge on any atom is -0.328 e. The summed E-state index contributed by atoms with van der Waals surface area (Å²) in [6, 6.07) is 20.1. The number of rotatable bonds is 6. The van der Waals surface area contributed by atoms with Crippen molar-refractivity contribution < 1.29 is 10.1 Å².